The van der Waals surface area contributed by atoms with Gasteiger partial charge in [-0.3, -0.25) is 4.79 Å². The van der Waals surface area contributed by atoms with Gasteiger partial charge in [0.1, 0.15) is 42.9 Å². The number of aliphatic hydroxyl groups is 3. The van der Waals surface area contributed by atoms with Gasteiger partial charge in [0, 0.05) is 6.04 Å². The maximum atomic E-state index is 12.2. The molecule has 1 saturated heterocycles. The van der Waals surface area contributed by atoms with E-state index < -0.39 is 53.3 Å². The molecule has 1 aliphatic rings. The Balaban J connectivity index is 2.61. The third-order valence-electron chi connectivity index (χ3n) is 4.06. The second-order valence-corrected chi connectivity index (χ2v) is 16.7. The molecule has 5 unspecified atom stereocenters. The molecule has 0 saturated carbocycles. The molecule has 0 aromatic rings. The zero-order chi connectivity index (χ0) is 21.7. The first-order valence-electron chi connectivity index (χ1n) is 8.94. The number of carbonyl (C=O) groups is 2. The van der Waals surface area contributed by atoms with Crippen molar-refractivity contribution in [3.8, 4) is 12.5 Å². The normalized spacial score (nSPS) is 28.3. The number of carbonyl (C=O) groups excluding carboxylic acids is 2. The van der Waals surface area contributed by atoms with Crippen molar-refractivity contribution in [2.75, 3.05) is 6.61 Å². The first kappa shape index (κ1) is 24.8. The summed E-state index contributed by atoms with van der Waals surface area (Å²) < 4.78 is 21.3. The summed E-state index contributed by atoms with van der Waals surface area (Å²) in [5.74, 6) is -0.493. The van der Waals surface area contributed by atoms with Crippen molar-refractivity contribution in [1.29, 1.82) is 0 Å². The quantitative estimate of drug-likeness (QED) is 0.260. The standard InChI is InChI=1S/C17H30O9Si2/c1-7-23-17-16(22)15(21)14(20)12(25-17)8-24-13(19)10-28(5,6)26-27(3,4)9-11(2)18/h1,12,14-17,20-22H,8-10H2,2-6H3. The van der Waals surface area contributed by atoms with Crippen LogP contribution in [0.25, 0.3) is 0 Å². The molecule has 0 aromatic heterocycles. The molecule has 0 aliphatic carbocycles. The molecule has 3 N–H and O–H groups in total. The van der Waals surface area contributed by atoms with Crippen molar-refractivity contribution in [2.45, 2.75) is 75.9 Å². The fourth-order valence-corrected chi connectivity index (χ4v) is 11.8. The molecule has 9 nitrogen and oxygen atoms in total. The lowest BCUT2D eigenvalue weighted by molar-refractivity contribution is -0.285. The van der Waals surface area contributed by atoms with E-state index in [-0.39, 0.29) is 18.4 Å². The lowest BCUT2D eigenvalue weighted by atomic mass is 9.99. The van der Waals surface area contributed by atoms with Crippen LogP contribution in [-0.4, -0.2) is 81.0 Å². The maximum absolute atomic E-state index is 12.2. The third-order valence-corrected chi connectivity index (χ3v) is 11.0. The van der Waals surface area contributed by atoms with Crippen LogP contribution >= 0.6 is 0 Å². The number of ketones is 1. The van der Waals surface area contributed by atoms with Gasteiger partial charge in [0.25, 0.3) is 0 Å². The molecular formula is C17H30O9Si2. The van der Waals surface area contributed by atoms with E-state index in [1.807, 2.05) is 32.3 Å². The van der Waals surface area contributed by atoms with E-state index in [4.69, 9.17) is 24.7 Å². The van der Waals surface area contributed by atoms with Crippen LogP contribution in [0.5, 0.6) is 0 Å². The molecule has 0 spiro atoms. The number of aliphatic hydroxyl groups excluding tert-OH is 3. The fourth-order valence-electron chi connectivity index (χ4n) is 3.21. The van der Waals surface area contributed by atoms with Gasteiger partial charge in [0.15, 0.2) is 16.6 Å². The molecule has 0 amide bonds. The van der Waals surface area contributed by atoms with Crippen molar-refractivity contribution in [3.63, 3.8) is 0 Å². The summed E-state index contributed by atoms with van der Waals surface area (Å²) in [5.41, 5.74) is 0. The Kier molecular flexibility index (Phi) is 8.82. The van der Waals surface area contributed by atoms with Gasteiger partial charge in [0.05, 0.1) is 6.04 Å². The predicted octanol–water partition coefficient (Wildman–Crippen LogP) is -0.0397. The van der Waals surface area contributed by atoms with Crippen LogP contribution in [0.1, 0.15) is 6.92 Å². The summed E-state index contributed by atoms with van der Waals surface area (Å²) >= 11 is 0. The highest BCUT2D eigenvalue weighted by Gasteiger charge is 2.45. The van der Waals surface area contributed by atoms with Gasteiger partial charge in [0.2, 0.25) is 6.29 Å². The zero-order valence-electron chi connectivity index (χ0n) is 16.9. The van der Waals surface area contributed by atoms with Crippen molar-refractivity contribution < 1.29 is 43.2 Å². The zero-order valence-corrected chi connectivity index (χ0v) is 18.9. The second kappa shape index (κ2) is 9.97. The lowest BCUT2D eigenvalue weighted by Crippen LogP contribution is -2.59. The van der Waals surface area contributed by atoms with Crippen LogP contribution in [0, 0.1) is 12.5 Å². The van der Waals surface area contributed by atoms with Gasteiger partial charge >= 0.3 is 5.97 Å². The molecule has 1 aliphatic heterocycles. The second-order valence-electron chi connectivity index (χ2n) is 8.11. The first-order valence-corrected chi connectivity index (χ1v) is 15.2. The topological polar surface area (TPSA) is 132 Å². The number of Topliss-reactive ketones (excluding diaryl/α,β-unsaturated/α-hetero) is 1. The smallest absolute Gasteiger partial charge is 0.305 e. The highest BCUT2D eigenvalue weighted by Crippen LogP contribution is 2.24. The molecule has 0 bridgehead atoms. The number of rotatable bonds is 9. The summed E-state index contributed by atoms with van der Waals surface area (Å²) in [6.07, 6.45) is -0.211. The van der Waals surface area contributed by atoms with E-state index in [0.717, 1.165) is 0 Å². The summed E-state index contributed by atoms with van der Waals surface area (Å²) in [4.78, 5) is 23.6. The largest absolute Gasteiger partial charge is 0.463 e. The molecule has 11 heteroatoms. The van der Waals surface area contributed by atoms with Crippen LogP contribution in [0.3, 0.4) is 0 Å². The van der Waals surface area contributed by atoms with Crippen LogP contribution in [-0.2, 0) is 27.9 Å². The van der Waals surface area contributed by atoms with Crippen LogP contribution in [0.2, 0.25) is 38.3 Å². The van der Waals surface area contributed by atoms with Gasteiger partial charge in [-0.05, 0) is 33.1 Å². The van der Waals surface area contributed by atoms with Crippen molar-refractivity contribution in [1.82, 2.24) is 0 Å². The summed E-state index contributed by atoms with van der Waals surface area (Å²) in [6, 6.07) is 0.428. The minimum absolute atomic E-state index is 0.0527. The van der Waals surface area contributed by atoms with Crippen LogP contribution < -0.4 is 0 Å². The Morgan fingerprint density at radius 2 is 1.61 bits per heavy atom. The summed E-state index contributed by atoms with van der Waals surface area (Å²) in [6.45, 7) is 8.75. The van der Waals surface area contributed by atoms with Crippen LogP contribution in [0.4, 0.5) is 0 Å². The fraction of sp³-hybridized carbons (Fsp3) is 0.765. The SMILES string of the molecule is C#COC1OC(COC(=O)C[Si](C)(C)O[Si](C)(C)CC(C)=O)C(O)C(O)C1O. The van der Waals surface area contributed by atoms with Crippen molar-refractivity contribution >= 4 is 28.4 Å². The summed E-state index contributed by atoms with van der Waals surface area (Å²) in [7, 11) is -4.66. The van der Waals surface area contributed by atoms with E-state index in [9.17, 15) is 24.9 Å². The van der Waals surface area contributed by atoms with Gasteiger partial charge < -0.3 is 38.4 Å². The number of ether oxygens (including phenoxy) is 3. The van der Waals surface area contributed by atoms with E-state index >= 15 is 0 Å². The summed E-state index contributed by atoms with van der Waals surface area (Å²) in [5, 5.41) is 29.6. The first-order chi connectivity index (χ1) is 12.8. The van der Waals surface area contributed by atoms with Gasteiger partial charge in [-0.15, -0.1) is 0 Å². The van der Waals surface area contributed by atoms with Gasteiger partial charge in [-0.25, -0.2) is 0 Å². The maximum Gasteiger partial charge on any atom is 0.305 e. The third kappa shape index (κ3) is 7.63. The predicted molar refractivity (Wildman–Crippen MR) is 104 cm³/mol. The molecule has 5 atom stereocenters. The van der Waals surface area contributed by atoms with E-state index in [1.165, 1.54) is 6.92 Å². The molecule has 0 radical (unpaired) electrons. The number of terminal acetylenes is 1. The Hall–Kier alpha value is -1.27. The minimum Gasteiger partial charge on any atom is -0.463 e. The molecule has 1 fully saturated rings. The highest BCUT2D eigenvalue weighted by atomic mass is 28.4. The average Bonchev–Trinajstić information content (AvgIpc) is 2.51. The van der Waals surface area contributed by atoms with Gasteiger partial charge in [-0.1, -0.05) is 6.42 Å². The number of esters is 1. The number of hydrogen-bond donors (Lipinski definition) is 3. The van der Waals surface area contributed by atoms with Crippen molar-refractivity contribution in [3.05, 3.63) is 0 Å². The molecule has 1 heterocycles. The van der Waals surface area contributed by atoms with Gasteiger partial charge in [-0.2, -0.15) is 0 Å². The lowest BCUT2D eigenvalue weighted by Gasteiger charge is -2.38. The monoisotopic (exact) mass is 434 g/mol. The van der Waals surface area contributed by atoms with Crippen LogP contribution in [0.15, 0.2) is 0 Å². The van der Waals surface area contributed by atoms with Crippen molar-refractivity contribution in [2.24, 2.45) is 0 Å². The molecule has 28 heavy (non-hydrogen) atoms. The molecule has 160 valence electrons. The average molecular weight is 435 g/mol. The molecular weight excluding hydrogens is 404 g/mol. The Labute approximate surface area is 167 Å². The number of hydrogen-bond acceptors (Lipinski definition) is 9. The molecule has 0 aromatic carbocycles. The van der Waals surface area contributed by atoms with E-state index in [1.54, 1.807) is 0 Å². The Morgan fingerprint density at radius 1 is 1.04 bits per heavy atom. The van der Waals surface area contributed by atoms with E-state index in [2.05, 4.69) is 0 Å². The van der Waals surface area contributed by atoms with E-state index in [0.29, 0.717) is 6.04 Å². The Bertz CT molecular complexity index is 602. The highest BCUT2D eigenvalue weighted by molar-refractivity contribution is 6.87. The molecule has 1 rings (SSSR count). The minimum atomic E-state index is -2.43. The Morgan fingerprint density at radius 3 is 2.14 bits per heavy atom.